The molecule has 0 bridgehead atoms. The highest BCUT2D eigenvalue weighted by molar-refractivity contribution is 7.89. The number of hydrogen-bond donors (Lipinski definition) is 2. The van der Waals surface area contributed by atoms with Gasteiger partial charge >= 0.3 is 0 Å². The minimum absolute atomic E-state index is 0.0731. The lowest BCUT2D eigenvalue weighted by atomic mass is 10.4. The maximum absolute atomic E-state index is 11.3. The number of imidazole rings is 1. The highest BCUT2D eigenvalue weighted by atomic mass is 32.2. The molecule has 0 saturated carbocycles. The molecule has 8 nitrogen and oxygen atoms in total. The van der Waals surface area contributed by atoms with Crippen molar-refractivity contribution in [3.8, 4) is 5.82 Å². The van der Waals surface area contributed by atoms with Crippen LogP contribution in [0.2, 0.25) is 0 Å². The first-order valence-electron chi connectivity index (χ1n) is 6.98. The first-order valence-corrected chi connectivity index (χ1v) is 8.63. The number of rotatable bonds is 7. The third-order valence-corrected chi connectivity index (χ3v) is 4.43. The number of aromatic nitrogens is 4. The van der Waals surface area contributed by atoms with Gasteiger partial charge in [-0.05, 0) is 20.8 Å². The van der Waals surface area contributed by atoms with E-state index in [1.807, 2.05) is 17.7 Å². The van der Waals surface area contributed by atoms with Gasteiger partial charge in [-0.25, -0.2) is 28.1 Å². The molecular formula is C13H20N6O2S. The number of sulfonamides is 1. The molecule has 2 rings (SSSR count). The minimum Gasteiger partial charge on any atom is -0.369 e. The van der Waals surface area contributed by atoms with E-state index in [1.54, 1.807) is 26.1 Å². The van der Waals surface area contributed by atoms with Crippen LogP contribution in [0.25, 0.3) is 5.82 Å². The maximum Gasteiger partial charge on any atom is 0.211 e. The van der Waals surface area contributed by atoms with E-state index in [0.29, 0.717) is 24.7 Å². The normalized spacial score (nSPS) is 11.6. The van der Waals surface area contributed by atoms with Crippen LogP contribution < -0.4 is 10.0 Å². The zero-order valence-electron chi connectivity index (χ0n) is 12.9. The Morgan fingerprint density at radius 2 is 2.00 bits per heavy atom. The second-order valence-electron chi connectivity index (χ2n) is 4.73. The van der Waals surface area contributed by atoms with Gasteiger partial charge in [0.2, 0.25) is 10.0 Å². The topological polar surface area (TPSA) is 102 Å². The van der Waals surface area contributed by atoms with E-state index in [1.165, 1.54) is 0 Å². The molecule has 120 valence electrons. The summed E-state index contributed by atoms with van der Waals surface area (Å²) in [6, 6.07) is 1.80. The molecule has 2 aromatic heterocycles. The summed E-state index contributed by atoms with van der Waals surface area (Å²) >= 11 is 0. The molecule has 0 spiro atoms. The predicted octanol–water partition coefficient (Wildman–Crippen LogP) is 0.630. The summed E-state index contributed by atoms with van der Waals surface area (Å²) in [4.78, 5) is 12.8. The molecule has 0 saturated heterocycles. The van der Waals surface area contributed by atoms with Gasteiger partial charge in [-0.15, -0.1) is 0 Å². The van der Waals surface area contributed by atoms with E-state index < -0.39 is 10.0 Å². The summed E-state index contributed by atoms with van der Waals surface area (Å²) in [5.41, 5.74) is 0. The third-order valence-electron chi connectivity index (χ3n) is 3.03. The molecule has 0 radical (unpaired) electrons. The molecular weight excluding hydrogens is 304 g/mol. The standard InChI is InChI=1S/C13H20N6O2S/c1-4-22(20,21)16-6-5-15-12-9-13(18-10(2)17-12)19-8-7-14-11(19)3/h7-9,16H,4-6H2,1-3H3,(H,15,17,18). The second kappa shape index (κ2) is 6.84. The zero-order chi connectivity index (χ0) is 16.2. The Morgan fingerprint density at radius 1 is 1.23 bits per heavy atom. The van der Waals surface area contributed by atoms with Crippen LogP contribution in [0.1, 0.15) is 18.6 Å². The molecule has 0 aromatic carbocycles. The van der Waals surface area contributed by atoms with Gasteiger partial charge < -0.3 is 5.32 Å². The molecule has 0 unspecified atom stereocenters. The lowest BCUT2D eigenvalue weighted by Crippen LogP contribution is -2.30. The first kappa shape index (κ1) is 16.4. The van der Waals surface area contributed by atoms with E-state index in [2.05, 4.69) is 25.0 Å². The largest absolute Gasteiger partial charge is 0.369 e. The molecule has 0 fully saturated rings. The van der Waals surface area contributed by atoms with E-state index in [-0.39, 0.29) is 5.75 Å². The van der Waals surface area contributed by atoms with Gasteiger partial charge in [0.1, 0.15) is 23.3 Å². The van der Waals surface area contributed by atoms with E-state index in [0.717, 1.165) is 11.6 Å². The zero-order valence-corrected chi connectivity index (χ0v) is 13.7. The highest BCUT2D eigenvalue weighted by Gasteiger charge is 2.07. The first-order chi connectivity index (χ1) is 10.4. The Labute approximate surface area is 130 Å². The molecule has 0 aliphatic carbocycles. The Bertz CT molecular complexity index is 741. The summed E-state index contributed by atoms with van der Waals surface area (Å²) in [6.45, 7) is 6.05. The summed E-state index contributed by atoms with van der Waals surface area (Å²) in [5.74, 6) is 2.90. The van der Waals surface area contributed by atoms with Crippen molar-refractivity contribution in [1.29, 1.82) is 0 Å². The fraction of sp³-hybridized carbons (Fsp3) is 0.462. The van der Waals surface area contributed by atoms with Crippen LogP contribution in [0, 0.1) is 13.8 Å². The Kier molecular flexibility index (Phi) is 5.09. The van der Waals surface area contributed by atoms with Crippen LogP contribution in [0.3, 0.4) is 0 Å². The fourth-order valence-electron chi connectivity index (χ4n) is 1.89. The van der Waals surface area contributed by atoms with Crippen molar-refractivity contribution in [1.82, 2.24) is 24.2 Å². The van der Waals surface area contributed by atoms with Crippen molar-refractivity contribution >= 4 is 15.8 Å². The lowest BCUT2D eigenvalue weighted by molar-refractivity contribution is 0.584. The molecule has 0 amide bonds. The van der Waals surface area contributed by atoms with E-state index in [4.69, 9.17) is 0 Å². The van der Waals surface area contributed by atoms with Gasteiger partial charge in [-0.3, -0.25) is 4.57 Å². The van der Waals surface area contributed by atoms with Gasteiger partial charge in [-0.1, -0.05) is 0 Å². The van der Waals surface area contributed by atoms with Gasteiger partial charge in [0.15, 0.2) is 0 Å². The minimum atomic E-state index is -3.17. The van der Waals surface area contributed by atoms with Crippen molar-refractivity contribution in [2.45, 2.75) is 20.8 Å². The quantitative estimate of drug-likeness (QED) is 0.724. The van der Waals surface area contributed by atoms with Crippen molar-refractivity contribution in [2.75, 3.05) is 24.2 Å². The summed E-state index contributed by atoms with van der Waals surface area (Å²) in [5, 5.41) is 3.09. The molecule has 0 atom stereocenters. The average Bonchev–Trinajstić information content (AvgIpc) is 2.89. The summed E-state index contributed by atoms with van der Waals surface area (Å²) in [6.07, 6.45) is 3.54. The Hall–Kier alpha value is -2.00. The Morgan fingerprint density at radius 3 is 2.64 bits per heavy atom. The van der Waals surface area contributed by atoms with Crippen LogP contribution >= 0.6 is 0 Å². The number of aryl methyl sites for hydroxylation is 2. The van der Waals surface area contributed by atoms with Crippen molar-refractivity contribution in [3.05, 3.63) is 30.1 Å². The van der Waals surface area contributed by atoms with Crippen LogP contribution in [-0.2, 0) is 10.0 Å². The summed E-state index contributed by atoms with van der Waals surface area (Å²) in [7, 11) is -3.17. The highest BCUT2D eigenvalue weighted by Crippen LogP contribution is 2.12. The van der Waals surface area contributed by atoms with Crippen LogP contribution in [0.4, 0.5) is 5.82 Å². The third kappa shape index (κ3) is 4.25. The Balaban J connectivity index is 2.03. The van der Waals surface area contributed by atoms with Gasteiger partial charge in [0, 0.05) is 31.5 Å². The monoisotopic (exact) mass is 324 g/mol. The fourth-order valence-corrected chi connectivity index (χ4v) is 2.50. The lowest BCUT2D eigenvalue weighted by Gasteiger charge is -2.10. The maximum atomic E-state index is 11.3. The predicted molar refractivity (Wildman–Crippen MR) is 84.6 cm³/mol. The average molecular weight is 324 g/mol. The van der Waals surface area contributed by atoms with Gasteiger partial charge in [-0.2, -0.15) is 0 Å². The number of anilines is 1. The van der Waals surface area contributed by atoms with E-state index in [9.17, 15) is 8.42 Å². The molecule has 2 aromatic rings. The molecule has 2 N–H and O–H groups in total. The van der Waals surface area contributed by atoms with Crippen LogP contribution in [-0.4, -0.2) is 46.8 Å². The number of nitrogens with one attached hydrogen (secondary N) is 2. The smallest absolute Gasteiger partial charge is 0.211 e. The number of nitrogens with zero attached hydrogens (tertiary/aromatic N) is 4. The summed E-state index contributed by atoms with van der Waals surface area (Å²) < 4.78 is 27.0. The van der Waals surface area contributed by atoms with Crippen molar-refractivity contribution in [3.63, 3.8) is 0 Å². The molecule has 22 heavy (non-hydrogen) atoms. The van der Waals surface area contributed by atoms with Crippen molar-refractivity contribution < 1.29 is 8.42 Å². The second-order valence-corrected chi connectivity index (χ2v) is 6.82. The molecule has 9 heteroatoms. The number of hydrogen-bond acceptors (Lipinski definition) is 6. The molecule has 0 aliphatic rings. The van der Waals surface area contributed by atoms with Crippen LogP contribution in [0.15, 0.2) is 18.5 Å². The van der Waals surface area contributed by atoms with Gasteiger partial charge in [0.05, 0.1) is 5.75 Å². The SMILES string of the molecule is CCS(=O)(=O)NCCNc1cc(-n2ccnc2C)nc(C)n1. The van der Waals surface area contributed by atoms with E-state index >= 15 is 0 Å². The molecule has 2 heterocycles. The molecule has 0 aliphatic heterocycles. The van der Waals surface area contributed by atoms with Crippen molar-refractivity contribution in [2.24, 2.45) is 0 Å². The van der Waals surface area contributed by atoms with Crippen LogP contribution in [0.5, 0.6) is 0 Å². The van der Waals surface area contributed by atoms with Gasteiger partial charge in [0.25, 0.3) is 0 Å².